The predicted octanol–water partition coefficient (Wildman–Crippen LogP) is 7.47. The number of nitrogens with one attached hydrogen (secondary N) is 1. The van der Waals surface area contributed by atoms with Crippen LogP contribution in [0.3, 0.4) is 0 Å². The standard InChI is InChI=1S/C22H24N6O.4C2H6/c1-2-6-20-19(5-1)17(14-24-20)4-3-8-27-9-11-28(12-10-27)22-25-15-18(16-26-22)21-23-7-13-29-21;4*1-2/h1-2,5-7,13-16,24H,3-4,8-12H2;4*1-2H3. The molecule has 4 heterocycles. The molecule has 4 aromatic rings. The number of nitrogens with zero attached hydrogens (tertiary/aromatic N) is 5. The average Bonchev–Trinajstić information content (AvgIpc) is 3.69. The van der Waals surface area contributed by atoms with E-state index in [1.54, 1.807) is 24.9 Å². The van der Waals surface area contributed by atoms with Crippen LogP contribution in [0.25, 0.3) is 22.4 Å². The normalized spacial score (nSPS) is 12.6. The summed E-state index contributed by atoms with van der Waals surface area (Å²) in [6, 6.07) is 8.52. The Balaban J connectivity index is 0.000000784. The molecule has 1 aliphatic heterocycles. The number of oxazole rings is 1. The number of benzene rings is 1. The Labute approximate surface area is 224 Å². The van der Waals surface area contributed by atoms with Crippen molar-refractivity contribution in [2.24, 2.45) is 0 Å². The summed E-state index contributed by atoms with van der Waals surface area (Å²) in [5, 5.41) is 1.35. The fourth-order valence-electron chi connectivity index (χ4n) is 3.96. The van der Waals surface area contributed by atoms with Gasteiger partial charge in [0.05, 0.1) is 11.8 Å². The van der Waals surface area contributed by atoms with Crippen molar-refractivity contribution in [1.82, 2.24) is 24.8 Å². The van der Waals surface area contributed by atoms with E-state index in [1.165, 1.54) is 22.9 Å². The second-order valence-electron chi connectivity index (χ2n) is 7.40. The molecule has 0 radical (unpaired) electrons. The van der Waals surface area contributed by atoms with Gasteiger partial charge in [0.2, 0.25) is 11.8 Å². The number of aryl methyl sites for hydroxylation is 1. The van der Waals surface area contributed by atoms with Crippen LogP contribution in [0.15, 0.2) is 59.7 Å². The van der Waals surface area contributed by atoms with E-state index in [0.717, 1.165) is 50.7 Å². The largest absolute Gasteiger partial charge is 0.444 e. The lowest BCUT2D eigenvalue weighted by atomic mass is 10.1. The monoisotopic (exact) mass is 508 g/mol. The summed E-state index contributed by atoms with van der Waals surface area (Å²) in [5.41, 5.74) is 3.44. The second-order valence-corrected chi connectivity index (χ2v) is 7.40. The Morgan fingerprint density at radius 2 is 1.49 bits per heavy atom. The zero-order valence-electron chi connectivity index (χ0n) is 24.3. The molecule has 0 atom stereocenters. The number of piperazine rings is 1. The number of hydrogen-bond acceptors (Lipinski definition) is 6. The molecule has 0 aliphatic carbocycles. The van der Waals surface area contributed by atoms with Crippen LogP contribution in [0.4, 0.5) is 5.95 Å². The molecule has 1 N–H and O–H groups in total. The minimum Gasteiger partial charge on any atom is -0.444 e. The maximum atomic E-state index is 5.29. The van der Waals surface area contributed by atoms with Crippen LogP contribution in [-0.4, -0.2) is 57.6 Å². The molecular formula is C30H48N6O. The summed E-state index contributed by atoms with van der Waals surface area (Å²) in [4.78, 5) is 21.3. The van der Waals surface area contributed by atoms with Gasteiger partial charge < -0.3 is 14.3 Å². The van der Waals surface area contributed by atoms with Gasteiger partial charge in [0.15, 0.2) is 0 Å². The minimum atomic E-state index is 0.552. The molecule has 7 nitrogen and oxygen atoms in total. The maximum Gasteiger partial charge on any atom is 0.229 e. The first kappa shape index (κ1) is 31.8. The minimum absolute atomic E-state index is 0.552. The van der Waals surface area contributed by atoms with Crippen molar-refractivity contribution in [1.29, 1.82) is 0 Å². The zero-order valence-corrected chi connectivity index (χ0v) is 24.3. The summed E-state index contributed by atoms with van der Waals surface area (Å²) in [6.07, 6.45) is 11.2. The fraction of sp³-hybridized carbons (Fsp3) is 0.500. The highest BCUT2D eigenvalue weighted by Crippen LogP contribution is 2.20. The predicted molar refractivity (Wildman–Crippen MR) is 158 cm³/mol. The highest BCUT2D eigenvalue weighted by molar-refractivity contribution is 5.83. The Hall–Kier alpha value is -3.19. The number of hydrogen-bond donors (Lipinski definition) is 1. The fourth-order valence-corrected chi connectivity index (χ4v) is 3.96. The van der Waals surface area contributed by atoms with Gasteiger partial charge in [0.25, 0.3) is 0 Å². The van der Waals surface area contributed by atoms with Gasteiger partial charge in [-0.1, -0.05) is 73.6 Å². The summed E-state index contributed by atoms with van der Waals surface area (Å²) in [6.45, 7) is 21.1. The van der Waals surface area contributed by atoms with Crippen LogP contribution in [0.1, 0.15) is 67.4 Å². The molecule has 1 aromatic carbocycles. The van der Waals surface area contributed by atoms with Crippen LogP contribution in [-0.2, 0) is 6.42 Å². The number of fused-ring (bicyclic) bond motifs is 1. The molecule has 3 aromatic heterocycles. The van der Waals surface area contributed by atoms with Crippen molar-refractivity contribution in [3.8, 4) is 11.5 Å². The van der Waals surface area contributed by atoms with Gasteiger partial charge in [-0.3, -0.25) is 4.90 Å². The van der Waals surface area contributed by atoms with Gasteiger partial charge in [-0.25, -0.2) is 15.0 Å². The van der Waals surface area contributed by atoms with Crippen molar-refractivity contribution < 1.29 is 4.42 Å². The van der Waals surface area contributed by atoms with Crippen LogP contribution in [0.5, 0.6) is 0 Å². The lowest BCUT2D eigenvalue weighted by molar-refractivity contribution is 0.254. The molecule has 0 saturated carbocycles. The summed E-state index contributed by atoms with van der Waals surface area (Å²) >= 11 is 0. The molecule has 0 bridgehead atoms. The molecule has 37 heavy (non-hydrogen) atoms. The number of anilines is 1. The van der Waals surface area contributed by atoms with Gasteiger partial charge in [0, 0.05) is 55.7 Å². The molecule has 0 unspecified atom stereocenters. The van der Waals surface area contributed by atoms with Crippen LogP contribution < -0.4 is 4.90 Å². The Kier molecular flexibility index (Phi) is 16.3. The maximum absolute atomic E-state index is 5.29. The highest BCUT2D eigenvalue weighted by Gasteiger charge is 2.19. The number of para-hydroxylation sites is 1. The quantitative estimate of drug-likeness (QED) is 0.291. The smallest absolute Gasteiger partial charge is 0.229 e. The van der Waals surface area contributed by atoms with Gasteiger partial charge in [-0.05, 0) is 31.0 Å². The zero-order chi connectivity index (χ0) is 27.5. The van der Waals surface area contributed by atoms with Crippen molar-refractivity contribution in [2.45, 2.75) is 68.2 Å². The van der Waals surface area contributed by atoms with Crippen LogP contribution >= 0.6 is 0 Å². The first-order valence-corrected chi connectivity index (χ1v) is 14.1. The molecule has 204 valence electrons. The van der Waals surface area contributed by atoms with E-state index in [2.05, 4.69) is 60.2 Å². The molecule has 0 spiro atoms. The van der Waals surface area contributed by atoms with E-state index >= 15 is 0 Å². The van der Waals surface area contributed by atoms with Crippen LogP contribution in [0.2, 0.25) is 0 Å². The van der Waals surface area contributed by atoms with Crippen LogP contribution in [0, 0.1) is 0 Å². The van der Waals surface area contributed by atoms with Gasteiger partial charge in [-0.15, -0.1) is 0 Å². The van der Waals surface area contributed by atoms with E-state index in [9.17, 15) is 0 Å². The number of aromatic nitrogens is 4. The molecule has 1 fully saturated rings. The highest BCUT2D eigenvalue weighted by atomic mass is 16.3. The number of H-pyrrole nitrogens is 1. The number of aromatic amines is 1. The molecular weight excluding hydrogens is 460 g/mol. The lowest BCUT2D eigenvalue weighted by Gasteiger charge is -2.34. The van der Waals surface area contributed by atoms with Crippen molar-refractivity contribution >= 4 is 16.9 Å². The Morgan fingerprint density at radius 3 is 2.11 bits per heavy atom. The topological polar surface area (TPSA) is 74.1 Å². The lowest BCUT2D eigenvalue weighted by Crippen LogP contribution is -2.47. The SMILES string of the molecule is CC.CC.CC.CC.c1ccc2c(CCCN3CCN(c4ncc(-c5ncco5)cn4)CC3)c[nH]c2c1. The first-order chi connectivity index (χ1) is 18.4. The first-order valence-electron chi connectivity index (χ1n) is 14.1. The summed E-state index contributed by atoms with van der Waals surface area (Å²) < 4.78 is 5.29. The van der Waals surface area contributed by atoms with Crippen molar-refractivity contribution in [2.75, 3.05) is 37.6 Å². The van der Waals surface area contributed by atoms with Gasteiger partial charge >= 0.3 is 0 Å². The molecule has 1 saturated heterocycles. The molecule has 7 heteroatoms. The van der Waals surface area contributed by atoms with E-state index in [1.807, 2.05) is 55.4 Å². The van der Waals surface area contributed by atoms with Crippen molar-refractivity contribution in [3.05, 3.63) is 60.9 Å². The molecule has 0 amide bonds. The summed E-state index contributed by atoms with van der Waals surface area (Å²) in [7, 11) is 0. The van der Waals surface area contributed by atoms with Gasteiger partial charge in [-0.2, -0.15) is 0 Å². The second kappa shape index (κ2) is 19.0. The Morgan fingerprint density at radius 1 is 0.838 bits per heavy atom. The van der Waals surface area contributed by atoms with E-state index < -0.39 is 0 Å². The average molecular weight is 509 g/mol. The van der Waals surface area contributed by atoms with E-state index in [0.29, 0.717) is 5.89 Å². The van der Waals surface area contributed by atoms with Crippen molar-refractivity contribution in [3.63, 3.8) is 0 Å². The molecule has 1 aliphatic rings. The third-order valence-corrected chi connectivity index (χ3v) is 5.57. The number of rotatable bonds is 6. The molecule has 5 rings (SSSR count). The third kappa shape index (κ3) is 9.32. The summed E-state index contributed by atoms with van der Waals surface area (Å²) in [5.74, 6) is 1.33. The Bertz CT molecular complexity index is 1050. The van der Waals surface area contributed by atoms with E-state index in [4.69, 9.17) is 4.42 Å². The van der Waals surface area contributed by atoms with E-state index in [-0.39, 0.29) is 0 Å². The van der Waals surface area contributed by atoms with Gasteiger partial charge in [0.1, 0.15) is 6.26 Å². The third-order valence-electron chi connectivity index (χ3n) is 5.57.